The number of nitrogens with one attached hydrogen (secondary N) is 1. The molecule has 0 aliphatic carbocycles. The van der Waals surface area contributed by atoms with Crippen molar-refractivity contribution in [3.8, 4) is 5.75 Å². The van der Waals surface area contributed by atoms with Crippen molar-refractivity contribution in [2.45, 2.75) is 26.5 Å². The Bertz CT molecular complexity index is 578. The number of rotatable bonds is 9. The fourth-order valence-corrected chi connectivity index (χ4v) is 2.35. The van der Waals surface area contributed by atoms with Crippen molar-refractivity contribution in [1.82, 2.24) is 10.2 Å². The van der Waals surface area contributed by atoms with E-state index in [9.17, 15) is 0 Å². The maximum atomic E-state index is 5.90. The summed E-state index contributed by atoms with van der Waals surface area (Å²) in [7, 11) is 4.21. The molecule has 0 unspecified atom stereocenters. The second-order valence-corrected chi connectivity index (χ2v) is 6.26. The molecule has 124 valence electrons. The third kappa shape index (κ3) is 6.85. The van der Waals surface area contributed by atoms with Crippen molar-refractivity contribution in [3.63, 3.8) is 0 Å². The van der Waals surface area contributed by atoms with E-state index < -0.39 is 0 Å². The molecule has 0 atom stereocenters. The van der Waals surface area contributed by atoms with Gasteiger partial charge in [-0.15, -0.1) is 0 Å². The van der Waals surface area contributed by atoms with Crippen LogP contribution in [-0.4, -0.2) is 32.1 Å². The summed E-state index contributed by atoms with van der Waals surface area (Å²) >= 11 is 0. The van der Waals surface area contributed by atoms with Gasteiger partial charge in [-0.2, -0.15) is 0 Å². The molecule has 2 aromatic carbocycles. The molecule has 2 aromatic rings. The predicted molar refractivity (Wildman–Crippen MR) is 96.8 cm³/mol. The SMILES string of the molecule is Cc1ccc(COc2cccc(CNCCCN(C)C)c2)cc1. The van der Waals surface area contributed by atoms with Crippen molar-refractivity contribution >= 4 is 0 Å². The molecule has 3 nitrogen and oxygen atoms in total. The van der Waals surface area contributed by atoms with E-state index in [4.69, 9.17) is 4.74 Å². The van der Waals surface area contributed by atoms with Crippen LogP contribution in [0.5, 0.6) is 5.75 Å². The first-order valence-corrected chi connectivity index (χ1v) is 8.26. The normalized spacial score (nSPS) is 11.0. The molecule has 23 heavy (non-hydrogen) atoms. The molecule has 0 amide bonds. The van der Waals surface area contributed by atoms with Crippen molar-refractivity contribution in [2.75, 3.05) is 27.2 Å². The molecular weight excluding hydrogens is 284 g/mol. The standard InChI is InChI=1S/C20H28N2O/c1-17-8-10-18(11-9-17)16-23-20-7-4-6-19(14-20)15-21-12-5-13-22(2)3/h4,6-11,14,21H,5,12-13,15-16H2,1-3H3. The molecular formula is C20H28N2O. The Balaban J connectivity index is 1.76. The van der Waals surface area contributed by atoms with Gasteiger partial charge in [0.15, 0.2) is 0 Å². The minimum Gasteiger partial charge on any atom is -0.489 e. The van der Waals surface area contributed by atoms with Crippen molar-refractivity contribution < 1.29 is 4.74 Å². The molecule has 0 fully saturated rings. The lowest BCUT2D eigenvalue weighted by atomic mass is 10.2. The molecule has 0 radical (unpaired) electrons. The van der Waals surface area contributed by atoms with Crippen LogP contribution in [-0.2, 0) is 13.2 Å². The van der Waals surface area contributed by atoms with Gasteiger partial charge in [-0.05, 0) is 63.8 Å². The highest BCUT2D eigenvalue weighted by Gasteiger charge is 1.99. The summed E-state index contributed by atoms with van der Waals surface area (Å²) in [6.45, 7) is 5.74. The van der Waals surface area contributed by atoms with Crippen LogP contribution >= 0.6 is 0 Å². The van der Waals surface area contributed by atoms with E-state index in [1.54, 1.807) is 0 Å². The molecule has 0 aromatic heterocycles. The van der Waals surface area contributed by atoms with Gasteiger partial charge in [0.1, 0.15) is 12.4 Å². The van der Waals surface area contributed by atoms with Gasteiger partial charge in [0.05, 0.1) is 0 Å². The molecule has 1 N–H and O–H groups in total. The van der Waals surface area contributed by atoms with Gasteiger partial charge in [0.25, 0.3) is 0 Å². The average molecular weight is 312 g/mol. The Kier molecular flexibility index (Phi) is 7.11. The molecule has 0 saturated heterocycles. The minimum atomic E-state index is 0.611. The van der Waals surface area contributed by atoms with Gasteiger partial charge in [0.2, 0.25) is 0 Å². The highest BCUT2D eigenvalue weighted by molar-refractivity contribution is 5.29. The number of benzene rings is 2. The number of ether oxygens (including phenoxy) is 1. The van der Waals surface area contributed by atoms with Crippen molar-refractivity contribution in [3.05, 3.63) is 65.2 Å². The van der Waals surface area contributed by atoms with Gasteiger partial charge >= 0.3 is 0 Å². The highest BCUT2D eigenvalue weighted by atomic mass is 16.5. The fourth-order valence-electron chi connectivity index (χ4n) is 2.35. The monoisotopic (exact) mass is 312 g/mol. The zero-order valence-corrected chi connectivity index (χ0v) is 14.5. The van der Waals surface area contributed by atoms with Gasteiger partial charge in [0, 0.05) is 6.54 Å². The molecule has 0 saturated carbocycles. The summed E-state index contributed by atoms with van der Waals surface area (Å²) in [4.78, 5) is 2.21. The van der Waals surface area contributed by atoms with E-state index in [0.29, 0.717) is 6.61 Å². The lowest BCUT2D eigenvalue weighted by Crippen LogP contribution is -2.20. The number of aryl methyl sites for hydroxylation is 1. The van der Waals surface area contributed by atoms with Gasteiger partial charge in [-0.25, -0.2) is 0 Å². The van der Waals surface area contributed by atoms with E-state index in [1.807, 2.05) is 6.07 Å². The summed E-state index contributed by atoms with van der Waals surface area (Å²) in [6.07, 6.45) is 1.16. The lowest BCUT2D eigenvalue weighted by molar-refractivity contribution is 0.306. The molecule has 3 heteroatoms. The van der Waals surface area contributed by atoms with E-state index in [0.717, 1.165) is 31.8 Å². The van der Waals surface area contributed by atoms with Crippen LogP contribution in [0.15, 0.2) is 48.5 Å². The van der Waals surface area contributed by atoms with Crippen LogP contribution < -0.4 is 10.1 Å². The molecule has 0 spiro atoms. The largest absolute Gasteiger partial charge is 0.489 e. The molecule has 0 aliphatic heterocycles. The summed E-state index contributed by atoms with van der Waals surface area (Å²) in [6, 6.07) is 16.8. The van der Waals surface area contributed by atoms with Gasteiger partial charge in [-0.1, -0.05) is 42.0 Å². The van der Waals surface area contributed by atoms with E-state index in [-0.39, 0.29) is 0 Å². The summed E-state index contributed by atoms with van der Waals surface area (Å²) in [5, 5.41) is 3.48. The van der Waals surface area contributed by atoms with Crippen LogP contribution in [0.4, 0.5) is 0 Å². The summed E-state index contributed by atoms with van der Waals surface area (Å²) < 4.78 is 5.90. The van der Waals surface area contributed by atoms with E-state index in [2.05, 4.69) is 73.7 Å². The topological polar surface area (TPSA) is 24.5 Å². The Morgan fingerprint density at radius 1 is 1.00 bits per heavy atom. The van der Waals surface area contributed by atoms with Crippen molar-refractivity contribution in [2.24, 2.45) is 0 Å². The minimum absolute atomic E-state index is 0.611. The second kappa shape index (κ2) is 9.33. The smallest absolute Gasteiger partial charge is 0.120 e. The zero-order valence-electron chi connectivity index (χ0n) is 14.5. The first kappa shape index (κ1) is 17.5. The van der Waals surface area contributed by atoms with E-state index >= 15 is 0 Å². The van der Waals surface area contributed by atoms with Crippen molar-refractivity contribution in [1.29, 1.82) is 0 Å². The van der Waals surface area contributed by atoms with E-state index in [1.165, 1.54) is 16.7 Å². The molecule has 0 aliphatic rings. The van der Waals surface area contributed by atoms with Crippen LogP contribution in [0.3, 0.4) is 0 Å². The number of nitrogens with zero attached hydrogens (tertiary/aromatic N) is 1. The zero-order chi connectivity index (χ0) is 16.5. The summed E-state index contributed by atoms with van der Waals surface area (Å²) in [5.74, 6) is 0.929. The van der Waals surface area contributed by atoms with Crippen LogP contribution in [0, 0.1) is 6.92 Å². The summed E-state index contributed by atoms with van der Waals surface area (Å²) in [5.41, 5.74) is 3.73. The Morgan fingerprint density at radius 2 is 1.78 bits per heavy atom. The molecule has 2 rings (SSSR count). The number of hydrogen-bond acceptors (Lipinski definition) is 3. The van der Waals surface area contributed by atoms with Crippen LogP contribution in [0.25, 0.3) is 0 Å². The third-order valence-electron chi connectivity index (χ3n) is 3.71. The van der Waals surface area contributed by atoms with Crippen LogP contribution in [0.2, 0.25) is 0 Å². The lowest BCUT2D eigenvalue weighted by Gasteiger charge is -2.11. The first-order valence-electron chi connectivity index (χ1n) is 8.26. The van der Waals surface area contributed by atoms with Crippen LogP contribution in [0.1, 0.15) is 23.1 Å². The maximum Gasteiger partial charge on any atom is 0.120 e. The Morgan fingerprint density at radius 3 is 2.52 bits per heavy atom. The third-order valence-corrected chi connectivity index (χ3v) is 3.71. The fraction of sp³-hybridized carbons (Fsp3) is 0.400. The average Bonchev–Trinajstić information content (AvgIpc) is 2.54. The Labute approximate surface area is 140 Å². The van der Waals surface area contributed by atoms with Gasteiger partial charge in [-0.3, -0.25) is 0 Å². The molecule has 0 heterocycles. The first-order chi connectivity index (χ1) is 11.1. The quantitative estimate of drug-likeness (QED) is 0.716. The highest BCUT2D eigenvalue weighted by Crippen LogP contribution is 2.15. The number of hydrogen-bond donors (Lipinski definition) is 1. The molecule has 0 bridgehead atoms. The van der Waals surface area contributed by atoms with Gasteiger partial charge < -0.3 is 15.0 Å². The maximum absolute atomic E-state index is 5.90. The predicted octanol–water partition coefficient (Wildman–Crippen LogP) is 3.62. The Hall–Kier alpha value is -1.84. The second-order valence-electron chi connectivity index (χ2n) is 6.26.